The van der Waals surface area contributed by atoms with Crippen LogP contribution in [-0.2, 0) is 0 Å². The average molecular weight is 265 g/mol. The van der Waals surface area contributed by atoms with E-state index in [1.165, 1.54) is 5.56 Å². The van der Waals surface area contributed by atoms with Crippen molar-refractivity contribution < 1.29 is 9.84 Å². The maximum Gasteiger partial charge on any atom is 0.119 e. The molecule has 0 aromatic heterocycles. The number of hydrogen-bond acceptors (Lipinski definition) is 3. The van der Waals surface area contributed by atoms with Crippen LogP contribution in [0.3, 0.4) is 0 Å². The molecule has 0 radical (unpaired) electrons. The first-order valence-corrected chi connectivity index (χ1v) is 7.10. The fourth-order valence-electron chi connectivity index (χ4n) is 1.68. The number of nitrogens with one attached hydrogen (secondary N) is 1. The number of aliphatic hydroxyl groups excluding tert-OH is 1. The predicted octanol–water partition coefficient (Wildman–Crippen LogP) is 3.00. The van der Waals surface area contributed by atoms with Crippen LogP contribution in [0.1, 0.15) is 39.3 Å². The lowest BCUT2D eigenvalue weighted by Crippen LogP contribution is -2.26. The van der Waals surface area contributed by atoms with Gasteiger partial charge in [0.2, 0.25) is 0 Å². The number of hydrogen-bond donors (Lipinski definition) is 2. The maximum absolute atomic E-state index is 9.00. The van der Waals surface area contributed by atoms with Gasteiger partial charge in [-0.05, 0) is 36.5 Å². The summed E-state index contributed by atoms with van der Waals surface area (Å²) in [7, 11) is 0. The zero-order valence-electron chi connectivity index (χ0n) is 12.5. The summed E-state index contributed by atoms with van der Waals surface area (Å²) < 4.78 is 5.66. The third kappa shape index (κ3) is 6.08. The highest BCUT2D eigenvalue weighted by Gasteiger charge is 2.07. The zero-order chi connectivity index (χ0) is 14.3. The van der Waals surface area contributed by atoms with Crippen molar-refractivity contribution in [3.8, 4) is 5.75 Å². The molecule has 0 saturated heterocycles. The molecule has 2 unspecified atom stereocenters. The van der Waals surface area contributed by atoms with E-state index in [1.807, 2.05) is 19.1 Å². The molecule has 2 atom stereocenters. The number of rotatable bonds is 8. The zero-order valence-corrected chi connectivity index (χ0v) is 12.5. The molecule has 1 rings (SSSR count). The summed E-state index contributed by atoms with van der Waals surface area (Å²) in [6, 6.07) is 8.51. The Balaban J connectivity index is 2.46. The second-order valence-electron chi connectivity index (χ2n) is 5.69. The van der Waals surface area contributed by atoms with Gasteiger partial charge in [-0.15, -0.1) is 0 Å². The van der Waals surface area contributed by atoms with E-state index in [1.54, 1.807) is 0 Å². The van der Waals surface area contributed by atoms with Gasteiger partial charge in [0.1, 0.15) is 5.75 Å². The normalized spacial score (nSPS) is 14.4. The highest BCUT2D eigenvalue weighted by Crippen LogP contribution is 2.18. The minimum absolute atomic E-state index is 0.224. The van der Waals surface area contributed by atoms with E-state index in [4.69, 9.17) is 9.84 Å². The lowest BCUT2D eigenvalue weighted by Gasteiger charge is -2.17. The molecule has 0 aliphatic carbocycles. The molecule has 0 amide bonds. The largest absolute Gasteiger partial charge is 0.493 e. The Kier molecular flexibility index (Phi) is 6.89. The molecule has 1 aromatic rings. The van der Waals surface area contributed by atoms with Crippen LogP contribution >= 0.6 is 0 Å². The SMILES string of the molecule is CC(C)COc1ccc(C(C)NCC(C)CO)cc1. The second kappa shape index (κ2) is 8.18. The van der Waals surface area contributed by atoms with Gasteiger partial charge >= 0.3 is 0 Å². The summed E-state index contributed by atoms with van der Waals surface area (Å²) in [5.74, 6) is 1.75. The van der Waals surface area contributed by atoms with E-state index < -0.39 is 0 Å². The Morgan fingerprint density at radius 1 is 1.11 bits per heavy atom. The van der Waals surface area contributed by atoms with E-state index in [2.05, 4.69) is 38.2 Å². The maximum atomic E-state index is 9.00. The lowest BCUT2D eigenvalue weighted by atomic mass is 10.1. The Hall–Kier alpha value is -1.06. The van der Waals surface area contributed by atoms with Crippen LogP contribution in [0.25, 0.3) is 0 Å². The van der Waals surface area contributed by atoms with Gasteiger partial charge < -0.3 is 15.2 Å². The predicted molar refractivity (Wildman–Crippen MR) is 79.4 cm³/mol. The fourth-order valence-corrected chi connectivity index (χ4v) is 1.68. The van der Waals surface area contributed by atoms with E-state index >= 15 is 0 Å². The van der Waals surface area contributed by atoms with Gasteiger partial charge in [0.05, 0.1) is 6.61 Å². The van der Waals surface area contributed by atoms with E-state index in [-0.39, 0.29) is 18.6 Å². The first-order chi connectivity index (χ1) is 9.02. The van der Waals surface area contributed by atoms with Crippen molar-refractivity contribution in [3.05, 3.63) is 29.8 Å². The molecule has 2 N–H and O–H groups in total. The molecule has 0 fully saturated rings. The first-order valence-electron chi connectivity index (χ1n) is 7.10. The molecule has 0 aliphatic heterocycles. The molecular formula is C16H27NO2. The van der Waals surface area contributed by atoms with E-state index in [0.717, 1.165) is 18.9 Å². The summed E-state index contributed by atoms with van der Waals surface area (Å²) in [6.45, 7) is 10.2. The fraction of sp³-hybridized carbons (Fsp3) is 0.625. The quantitative estimate of drug-likeness (QED) is 0.759. The van der Waals surface area contributed by atoms with Crippen molar-refractivity contribution in [2.75, 3.05) is 19.8 Å². The summed E-state index contributed by atoms with van der Waals surface area (Å²) in [5.41, 5.74) is 1.24. The van der Waals surface area contributed by atoms with E-state index in [9.17, 15) is 0 Å². The van der Waals surface area contributed by atoms with Crippen LogP contribution < -0.4 is 10.1 Å². The molecule has 0 heterocycles. The Bertz CT molecular complexity index is 348. The number of benzene rings is 1. The Morgan fingerprint density at radius 3 is 2.26 bits per heavy atom. The van der Waals surface area contributed by atoms with Crippen LogP contribution in [0.4, 0.5) is 0 Å². The third-order valence-corrected chi connectivity index (χ3v) is 3.05. The lowest BCUT2D eigenvalue weighted by molar-refractivity contribution is 0.231. The van der Waals surface area contributed by atoms with Crippen LogP contribution in [0.5, 0.6) is 5.75 Å². The molecule has 0 aliphatic rings. The first kappa shape index (κ1) is 16.0. The summed E-state index contributed by atoms with van der Waals surface area (Å²) in [6.07, 6.45) is 0. The monoisotopic (exact) mass is 265 g/mol. The topological polar surface area (TPSA) is 41.5 Å². The van der Waals surface area contributed by atoms with Crippen LogP contribution in [0.2, 0.25) is 0 Å². The summed E-state index contributed by atoms with van der Waals surface area (Å²) in [4.78, 5) is 0. The average Bonchev–Trinajstić information content (AvgIpc) is 2.42. The highest BCUT2D eigenvalue weighted by atomic mass is 16.5. The smallest absolute Gasteiger partial charge is 0.119 e. The Labute approximate surface area is 117 Å². The van der Waals surface area contributed by atoms with Crippen molar-refractivity contribution in [1.82, 2.24) is 5.32 Å². The van der Waals surface area contributed by atoms with Gasteiger partial charge in [0, 0.05) is 19.2 Å². The van der Waals surface area contributed by atoms with Crippen LogP contribution in [0.15, 0.2) is 24.3 Å². The minimum Gasteiger partial charge on any atom is -0.493 e. The van der Waals surface area contributed by atoms with Crippen molar-refractivity contribution in [1.29, 1.82) is 0 Å². The van der Waals surface area contributed by atoms with Crippen molar-refractivity contribution in [3.63, 3.8) is 0 Å². The van der Waals surface area contributed by atoms with Gasteiger partial charge in [0.25, 0.3) is 0 Å². The molecule has 3 nitrogen and oxygen atoms in total. The van der Waals surface area contributed by atoms with Crippen LogP contribution in [-0.4, -0.2) is 24.9 Å². The van der Waals surface area contributed by atoms with E-state index in [0.29, 0.717) is 5.92 Å². The molecule has 0 saturated carbocycles. The third-order valence-electron chi connectivity index (χ3n) is 3.05. The number of aliphatic hydroxyl groups is 1. The molecule has 19 heavy (non-hydrogen) atoms. The van der Waals surface area contributed by atoms with Gasteiger partial charge in [-0.3, -0.25) is 0 Å². The van der Waals surface area contributed by atoms with Crippen molar-refractivity contribution in [2.24, 2.45) is 11.8 Å². The molecule has 0 spiro atoms. The second-order valence-corrected chi connectivity index (χ2v) is 5.69. The van der Waals surface area contributed by atoms with Crippen LogP contribution in [0, 0.1) is 11.8 Å². The molecule has 3 heteroatoms. The van der Waals surface area contributed by atoms with Gasteiger partial charge in [-0.1, -0.05) is 32.9 Å². The van der Waals surface area contributed by atoms with Gasteiger partial charge in [-0.25, -0.2) is 0 Å². The standard InChI is InChI=1S/C16H27NO2/c1-12(2)11-19-16-7-5-15(6-8-16)14(4)17-9-13(3)10-18/h5-8,12-14,17-18H,9-11H2,1-4H3. The molecule has 1 aromatic carbocycles. The molecular weight excluding hydrogens is 238 g/mol. The minimum atomic E-state index is 0.224. The van der Waals surface area contributed by atoms with Gasteiger partial charge in [-0.2, -0.15) is 0 Å². The summed E-state index contributed by atoms with van der Waals surface area (Å²) in [5, 5.41) is 12.4. The molecule has 0 bridgehead atoms. The molecule has 108 valence electrons. The summed E-state index contributed by atoms with van der Waals surface area (Å²) >= 11 is 0. The van der Waals surface area contributed by atoms with Gasteiger partial charge in [0.15, 0.2) is 0 Å². The highest BCUT2D eigenvalue weighted by molar-refractivity contribution is 5.28. The Morgan fingerprint density at radius 2 is 1.74 bits per heavy atom. The van der Waals surface area contributed by atoms with Crippen molar-refractivity contribution in [2.45, 2.75) is 33.7 Å². The number of ether oxygens (including phenoxy) is 1. The van der Waals surface area contributed by atoms with Crippen molar-refractivity contribution >= 4 is 0 Å².